The number of carboxylic acids is 1. The van der Waals surface area contributed by atoms with Gasteiger partial charge < -0.3 is 20.4 Å². The average Bonchev–Trinajstić information content (AvgIpc) is 2.25. The fourth-order valence-corrected chi connectivity index (χ4v) is 1.98. The molecule has 0 bridgehead atoms. The second-order valence-corrected chi connectivity index (χ2v) is 4.96. The van der Waals surface area contributed by atoms with Crippen molar-refractivity contribution >= 4 is 12.1 Å². The highest BCUT2D eigenvalue weighted by Crippen LogP contribution is 2.17. The van der Waals surface area contributed by atoms with E-state index in [-0.39, 0.29) is 12.6 Å². The normalized spacial score (nSPS) is 25.0. The van der Waals surface area contributed by atoms with E-state index in [1.807, 2.05) is 0 Å². The molecule has 0 radical (unpaired) electrons. The van der Waals surface area contributed by atoms with Crippen molar-refractivity contribution in [2.45, 2.75) is 26.3 Å². The highest BCUT2D eigenvalue weighted by molar-refractivity contribution is 5.72. The van der Waals surface area contributed by atoms with E-state index >= 15 is 0 Å². The number of nitrogens with zero attached hydrogens (tertiary/aromatic N) is 1. The SMILES string of the molecule is CC(C)CNC1C[C@H](C(=O)O)CN(C(=O)O)C1. The summed E-state index contributed by atoms with van der Waals surface area (Å²) in [5.41, 5.74) is 0. The zero-order valence-corrected chi connectivity index (χ0v) is 10.2. The Morgan fingerprint density at radius 3 is 2.47 bits per heavy atom. The fourth-order valence-electron chi connectivity index (χ4n) is 1.98. The quantitative estimate of drug-likeness (QED) is 0.676. The number of carboxylic acid groups (broad SMARTS) is 2. The highest BCUT2D eigenvalue weighted by atomic mass is 16.4. The Labute approximate surface area is 101 Å². The van der Waals surface area contributed by atoms with Gasteiger partial charge in [-0.05, 0) is 18.9 Å². The maximum Gasteiger partial charge on any atom is 0.407 e. The van der Waals surface area contributed by atoms with Crippen LogP contribution in [0.25, 0.3) is 0 Å². The zero-order chi connectivity index (χ0) is 13.0. The van der Waals surface area contributed by atoms with Crippen LogP contribution in [0.5, 0.6) is 0 Å². The summed E-state index contributed by atoms with van der Waals surface area (Å²) in [4.78, 5) is 23.1. The van der Waals surface area contributed by atoms with Crippen molar-refractivity contribution in [2.75, 3.05) is 19.6 Å². The Kier molecular flexibility index (Phi) is 4.74. The minimum absolute atomic E-state index is 0.0663. The molecule has 1 rings (SSSR count). The summed E-state index contributed by atoms with van der Waals surface area (Å²) in [7, 11) is 0. The lowest BCUT2D eigenvalue weighted by Crippen LogP contribution is -2.53. The molecule has 0 aromatic heterocycles. The summed E-state index contributed by atoms with van der Waals surface area (Å²) < 4.78 is 0. The molecule has 1 amide bonds. The number of hydrogen-bond acceptors (Lipinski definition) is 3. The molecule has 98 valence electrons. The molecule has 1 fully saturated rings. The number of aliphatic carboxylic acids is 1. The summed E-state index contributed by atoms with van der Waals surface area (Å²) >= 11 is 0. The molecule has 0 aliphatic carbocycles. The van der Waals surface area contributed by atoms with Crippen LogP contribution in [0.15, 0.2) is 0 Å². The molecule has 1 aliphatic heterocycles. The third kappa shape index (κ3) is 4.22. The maximum atomic E-state index is 11.0. The number of hydrogen-bond donors (Lipinski definition) is 3. The minimum atomic E-state index is -1.05. The molecule has 1 saturated heterocycles. The molecule has 0 spiro atoms. The first-order valence-corrected chi connectivity index (χ1v) is 5.84. The van der Waals surface area contributed by atoms with Crippen molar-refractivity contribution in [3.05, 3.63) is 0 Å². The summed E-state index contributed by atoms with van der Waals surface area (Å²) in [6, 6.07) is -0.0663. The van der Waals surface area contributed by atoms with Crippen LogP contribution in [-0.2, 0) is 4.79 Å². The molecule has 3 N–H and O–H groups in total. The Hall–Kier alpha value is -1.30. The van der Waals surface area contributed by atoms with Gasteiger partial charge in [-0.3, -0.25) is 4.79 Å². The van der Waals surface area contributed by atoms with Gasteiger partial charge in [0.25, 0.3) is 0 Å². The number of nitrogens with one attached hydrogen (secondary N) is 1. The lowest BCUT2D eigenvalue weighted by molar-refractivity contribution is -0.143. The number of amides is 1. The molecular formula is C11H20N2O4. The van der Waals surface area contributed by atoms with Gasteiger partial charge in [-0.1, -0.05) is 13.8 Å². The van der Waals surface area contributed by atoms with Gasteiger partial charge in [0.05, 0.1) is 5.92 Å². The van der Waals surface area contributed by atoms with E-state index < -0.39 is 18.0 Å². The molecule has 0 saturated carbocycles. The Morgan fingerprint density at radius 2 is 2.00 bits per heavy atom. The predicted molar refractivity (Wildman–Crippen MR) is 62.0 cm³/mol. The minimum Gasteiger partial charge on any atom is -0.481 e. The molecule has 1 unspecified atom stereocenters. The first-order chi connectivity index (χ1) is 7.90. The van der Waals surface area contributed by atoms with Gasteiger partial charge in [0.15, 0.2) is 0 Å². The van der Waals surface area contributed by atoms with Gasteiger partial charge in [-0.2, -0.15) is 0 Å². The van der Waals surface area contributed by atoms with E-state index in [4.69, 9.17) is 10.2 Å². The van der Waals surface area contributed by atoms with Crippen molar-refractivity contribution in [2.24, 2.45) is 11.8 Å². The van der Waals surface area contributed by atoms with Crippen LogP contribution in [0.3, 0.4) is 0 Å². The van der Waals surface area contributed by atoms with Crippen LogP contribution < -0.4 is 5.32 Å². The molecule has 1 aliphatic rings. The third-order valence-electron chi connectivity index (χ3n) is 2.89. The van der Waals surface area contributed by atoms with Crippen molar-refractivity contribution in [3.8, 4) is 0 Å². The van der Waals surface area contributed by atoms with E-state index in [1.54, 1.807) is 0 Å². The first-order valence-electron chi connectivity index (χ1n) is 5.84. The topological polar surface area (TPSA) is 89.9 Å². The molecule has 6 nitrogen and oxygen atoms in total. The van der Waals surface area contributed by atoms with E-state index in [1.165, 1.54) is 4.90 Å². The van der Waals surface area contributed by atoms with E-state index in [0.717, 1.165) is 6.54 Å². The smallest absolute Gasteiger partial charge is 0.407 e. The summed E-state index contributed by atoms with van der Waals surface area (Å²) in [5, 5.41) is 21.1. The van der Waals surface area contributed by atoms with Gasteiger partial charge in [0, 0.05) is 19.1 Å². The molecule has 6 heteroatoms. The lowest BCUT2D eigenvalue weighted by atomic mass is 9.94. The largest absolute Gasteiger partial charge is 0.481 e. The molecule has 2 atom stereocenters. The van der Waals surface area contributed by atoms with E-state index in [2.05, 4.69) is 19.2 Å². The zero-order valence-electron chi connectivity index (χ0n) is 10.2. The summed E-state index contributed by atoms with van der Waals surface area (Å²) in [5.74, 6) is -1.07. The molecule has 0 aromatic rings. The second-order valence-electron chi connectivity index (χ2n) is 4.96. The van der Waals surface area contributed by atoms with Crippen molar-refractivity contribution in [3.63, 3.8) is 0 Å². The van der Waals surface area contributed by atoms with Crippen LogP contribution in [0.4, 0.5) is 4.79 Å². The number of rotatable bonds is 4. The van der Waals surface area contributed by atoms with Crippen molar-refractivity contribution in [1.82, 2.24) is 10.2 Å². The van der Waals surface area contributed by atoms with Crippen LogP contribution >= 0.6 is 0 Å². The fraction of sp³-hybridized carbons (Fsp3) is 0.818. The Balaban J connectivity index is 2.58. The molecule has 17 heavy (non-hydrogen) atoms. The molecule has 0 aromatic carbocycles. The van der Waals surface area contributed by atoms with Gasteiger partial charge >= 0.3 is 12.1 Å². The summed E-state index contributed by atoms with van der Waals surface area (Å²) in [6.45, 7) is 5.33. The standard InChI is InChI=1S/C11H20N2O4/c1-7(2)4-12-9-3-8(10(14)15)5-13(6-9)11(16)17/h7-9,12H,3-6H2,1-2H3,(H,14,15)(H,16,17)/t8-,9?/m0/s1. The highest BCUT2D eigenvalue weighted by Gasteiger charge is 2.33. The van der Waals surface area contributed by atoms with E-state index in [9.17, 15) is 9.59 Å². The van der Waals surface area contributed by atoms with Gasteiger partial charge in [0.2, 0.25) is 0 Å². The number of likely N-dealkylation sites (tertiary alicyclic amines) is 1. The van der Waals surface area contributed by atoms with Gasteiger partial charge in [-0.25, -0.2) is 4.79 Å². The number of piperidine rings is 1. The Bertz CT molecular complexity index is 271. The van der Waals surface area contributed by atoms with Crippen molar-refractivity contribution in [1.29, 1.82) is 0 Å². The van der Waals surface area contributed by atoms with Crippen LogP contribution in [0.1, 0.15) is 20.3 Å². The average molecular weight is 244 g/mol. The monoisotopic (exact) mass is 244 g/mol. The molecular weight excluding hydrogens is 224 g/mol. The van der Waals surface area contributed by atoms with Crippen LogP contribution in [-0.4, -0.2) is 52.9 Å². The van der Waals surface area contributed by atoms with Gasteiger partial charge in [-0.15, -0.1) is 0 Å². The first kappa shape index (κ1) is 13.8. The third-order valence-corrected chi connectivity index (χ3v) is 2.89. The van der Waals surface area contributed by atoms with Crippen molar-refractivity contribution < 1.29 is 19.8 Å². The lowest BCUT2D eigenvalue weighted by Gasteiger charge is -2.35. The second kappa shape index (κ2) is 5.86. The van der Waals surface area contributed by atoms with Gasteiger partial charge in [0.1, 0.15) is 0 Å². The maximum absolute atomic E-state index is 11.0. The summed E-state index contributed by atoms with van der Waals surface area (Å²) in [6.07, 6.45) is -0.557. The van der Waals surface area contributed by atoms with Crippen LogP contribution in [0.2, 0.25) is 0 Å². The number of carbonyl (C=O) groups is 2. The van der Waals surface area contributed by atoms with Crippen LogP contribution in [0, 0.1) is 11.8 Å². The predicted octanol–water partition coefficient (Wildman–Crippen LogP) is 0.685. The Morgan fingerprint density at radius 1 is 1.35 bits per heavy atom. The van der Waals surface area contributed by atoms with E-state index in [0.29, 0.717) is 18.9 Å². The molecule has 1 heterocycles.